The van der Waals surface area contributed by atoms with Crippen LogP contribution in [0.5, 0.6) is 0 Å². The largest absolute Gasteiger partial charge is 0.416 e. The van der Waals surface area contributed by atoms with E-state index in [4.69, 9.17) is 5.73 Å². The van der Waals surface area contributed by atoms with Crippen molar-refractivity contribution in [1.29, 1.82) is 0 Å². The van der Waals surface area contributed by atoms with E-state index in [2.05, 4.69) is 5.32 Å². The number of benzene rings is 1. The van der Waals surface area contributed by atoms with Gasteiger partial charge in [-0.05, 0) is 31.7 Å². The molecule has 1 unspecified atom stereocenters. The van der Waals surface area contributed by atoms with E-state index < -0.39 is 23.2 Å². The van der Waals surface area contributed by atoms with Crippen LogP contribution < -0.4 is 11.1 Å². The van der Waals surface area contributed by atoms with Gasteiger partial charge >= 0.3 is 6.18 Å². The molecule has 0 bridgehead atoms. The number of rotatable bonds is 3. The number of nitrogens with one attached hydrogen (secondary N) is 1. The molecular weight excluding hydrogens is 233 g/mol. The van der Waals surface area contributed by atoms with Gasteiger partial charge in [0.15, 0.2) is 0 Å². The second-order valence-corrected chi connectivity index (χ2v) is 3.81. The number of halogens is 3. The second kappa shape index (κ2) is 4.37. The Morgan fingerprint density at radius 1 is 1.18 bits per heavy atom. The van der Waals surface area contributed by atoms with E-state index >= 15 is 0 Å². The molecule has 0 radical (unpaired) electrons. The number of likely N-dealkylation sites (N-methyl/N-ethyl adjacent to an activating group) is 1. The van der Waals surface area contributed by atoms with Crippen molar-refractivity contribution in [2.75, 3.05) is 7.05 Å². The third-order valence-electron chi connectivity index (χ3n) is 2.78. The summed E-state index contributed by atoms with van der Waals surface area (Å²) in [6, 6.07) is 4.33. The van der Waals surface area contributed by atoms with Crippen molar-refractivity contribution >= 4 is 5.91 Å². The van der Waals surface area contributed by atoms with Gasteiger partial charge in [0.2, 0.25) is 5.91 Å². The maximum Gasteiger partial charge on any atom is 0.416 e. The van der Waals surface area contributed by atoms with Crippen molar-refractivity contribution in [3.63, 3.8) is 0 Å². The quantitative estimate of drug-likeness (QED) is 0.851. The molecule has 0 aliphatic carbocycles. The Kier molecular flexibility index (Phi) is 3.47. The van der Waals surface area contributed by atoms with Crippen molar-refractivity contribution in [3.05, 3.63) is 35.4 Å². The highest BCUT2D eigenvalue weighted by atomic mass is 19.4. The fourth-order valence-electron chi connectivity index (χ4n) is 1.40. The zero-order valence-electron chi connectivity index (χ0n) is 9.43. The van der Waals surface area contributed by atoms with Crippen LogP contribution in [0.1, 0.15) is 18.1 Å². The van der Waals surface area contributed by atoms with Crippen LogP contribution >= 0.6 is 0 Å². The molecule has 1 amide bonds. The van der Waals surface area contributed by atoms with Gasteiger partial charge < -0.3 is 11.1 Å². The molecule has 94 valence electrons. The summed E-state index contributed by atoms with van der Waals surface area (Å²) in [7, 11) is 1.52. The molecule has 1 rings (SSSR count). The summed E-state index contributed by atoms with van der Waals surface area (Å²) >= 11 is 0. The van der Waals surface area contributed by atoms with E-state index in [1.807, 2.05) is 0 Å². The molecule has 0 heterocycles. The minimum absolute atomic E-state index is 0.389. The van der Waals surface area contributed by atoms with Gasteiger partial charge in [-0.25, -0.2) is 0 Å². The number of amides is 1. The van der Waals surface area contributed by atoms with E-state index in [-0.39, 0.29) is 0 Å². The summed E-state index contributed by atoms with van der Waals surface area (Å²) < 4.78 is 37.0. The highest BCUT2D eigenvalue weighted by molar-refractivity contribution is 5.85. The molecule has 3 N–H and O–H groups in total. The molecule has 3 nitrogen and oxygen atoms in total. The number of nitrogens with two attached hydrogens (primary N) is 1. The molecule has 1 atom stereocenters. The molecule has 1 aromatic rings. The van der Waals surface area contributed by atoms with Crippen molar-refractivity contribution < 1.29 is 18.0 Å². The summed E-state index contributed by atoms with van der Waals surface area (Å²) in [6.45, 7) is 1.51. The number of alkyl halides is 3. The summed E-state index contributed by atoms with van der Waals surface area (Å²) in [4.78, 5) is 11.3. The Bertz CT molecular complexity index is 414. The summed E-state index contributed by atoms with van der Waals surface area (Å²) in [5.41, 5.74) is 3.67. The van der Waals surface area contributed by atoms with E-state index in [0.29, 0.717) is 5.56 Å². The topological polar surface area (TPSA) is 55.1 Å². The zero-order chi connectivity index (χ0) is 13.3. The first-order valence-corrected chi connectivity index (χ1v) is 4.88. The smallest absolute Gasteiger partial charge is 0.368 e. The molecule has 0 aromatic heterocycles. The highest BCUT2D eigenvalue weighted by Crippen LogP contribution is 2.30. The number of primary amides is 1. The van der Waals surface area contributed by atoms with Gasteiger partial charge in [-0.3, -0.25) is 4.79 Å². The van der Waals surface area contributed by atoms with E-state index in [9.17, 15) is 18.0 Å². The monoisotopic (exact) mass is 246 g/mol. The van der Waals surface area contributed by atoms with Crippen LogP contribution in [0.3, 0.4) is 0 Å². The van der Waals surface area contributed by atoms with E-state index in [1.54, 1.807) is 0 Å². The van der Waals surface area contributed by atoms with Crippen LogP contribution in [-0.4, -0.2) is 13.0 Å². The number of hydrogen-bond donors (Lipinski definition) is 2. The third-order valence-corrected chi connectivity index (χ3v) is 2.78. The highest BCUT2D eigenvalue weighted by Gasteiger charge is 2.34. The van der Waals surface area contributed by atoms with E-state index in [1.165, 1.54) is 26.1 Å². The van der Waals surface area contributed by atoms with Crippen LogP contribution in [0.4, 0.5) is 13.2 Å². The van der Waals surface area contributed by atoms with Crippen molar-refractivity contribution in [2.45, 2.75) is 18.6 Å². The number of hydrogen-bond acceptors (Lipinski definition) is 2. The molecule has 1 aromatic carbocycles. The predicted octanol–water partition coefficient (Wildman–Crippen LogP) is 1.63. The Balaban J connectivity index is 3.14. The standard InChI is InChI=1S/C11H13F3N2O/c1-10(16-2,9(15)17)7-3-5-8(6-4-7)11(12,13)14/h3-6,16H,1-2H3,(H2,15,17). The molecule has 6 heteroatoms. The van der Waals surface area contributed by atoms with Crippen molar-refractivity contribution in [1.82, 2.24) is 5.32 Å². The molecule has 0 aliphatic rings. The normalized spacial score (nSPS) is 15.4. The lowest BCUT2D eigenvalue weighted by atomic mass is 9.91. The molecule has 0 aliphatic heterocycles. The van der Waals surface area contributed by atoms with Gasteiger partial charge in [-0.2, -0.15) is 13.2 Å². The van der Waals surface area contributed by atoms with Gasteiger partial charge in [-0.15, -0.1) is 0 Å². The van der Waals surface area contributed by atoms with Gasteiger partial charge in [0.1, 0.15) is 5.54 Å². The lowest BCUT2D eigenvalue weighted by Crippen LogP contribution is -2.48. The fourth-order valence-corrected chi connectivity index (χ4v) is 1.40. The first-order valence-electron chi connectivity index (χ1n) is 4.88. The van der Waals surface area contributed by atoms with Gasteiger partial charge in [0, 0.05) is 0 Å². The third kappa shape index (κ3) is 2.58. The van der Waals surface area contributed by atoms with Crippen molar-refractivity contribution in [3.8, 4) is 0 Å². The van der Waals surface area contributed by atoms with Crippen molar-refractivity contribution in [2.24, 2.45) is 5.73 Å². The van der Waals surface area contributed by atoms with Crippen LogP contribution in [-0.2, 0) is 16.5 Å². The second-order valence-electron chi connectivity index (χ2n) is 3.81. The molecule has 0 fully saturated rings. The van der Waals surface area contributed by atoms with Gasteiger partial charge in [0.05, 0.1) is 5.56 Å². The minimum Gasteiger partial charge on any atom is -0.368 e. The van der Waals surface area contributed by atoms with Crippen LogP contribution in [0.15, 0.2) is 24.3 Å². The molecule has 0 saturated heterocycles. The maximum atomic E-state index is 12.3. The fraction of sp³-hybridized carbons (Fsp3) is 0.364. The SMILES string of the molecule is CNC(C)(C(N)=O)c1ccc(C(F)(F)F)cc1. The average Bonchev–Trinajstić information content (AvgIpc) is 2.26. The number of carbonyl (C=O) groups is 1. The Labute approximate surface area is 96.8 Å². The zero-order valence-corrected chi connectivity index (χ0v) is 9.43. The molecular formula is C11H13F3N2O. The predicted molar refractivity (Wildman–Crippen MR) is 57.1 cm³/mol. The van der Waals surface area contributed by atoms with Gasteiger partial charge in [-0.1, -0.05) is 12.1 Å². The summed E-state index contributed by atoms with van der Waals surface area (Å²) in [6.07, 6.45) is -4.39. The Morgan fingerprint density at radius 3 is 1.88 bits per heavy atom. The van der Waals surface area contributed by atoms with Crippen LogP contribution in [0.2, 0.25) is 0 Å². The van der Waals surface area contributed by atoms with Crippen LogP contribution in [0.25, 0.3) is 0 Å². The van der Waals surface area contributed by atoms with E-state index in [0.717, 1.165) is 12.1 Å². The number of carbonyl (C=O) groups excluding carboxylic acids is 1. The first kappa shape index (κ1) is 13.5. The summed E-state index contributed by atoms with van der Waals surface area (Å²) in [5, 5.41) is 2.70. The maximum absolute atomic E-state index is 12.3. The first-order chi connectivity index (χ1) is 7.71. The lowest BCUT2D eigenvalue weighted by molar-refractivity contribution is -0.137. The Morgan fingerprint density at radius 2 is 1.59 bits per heavy atom. The minimum atomic E-state index is -4.39. The average molecular weight is 246 g/mol. The molecule has 17 heavy (non-hydrogen) atoms. The van der Waals surface area contributed by atoms with Gasteiger partial charge in [0.25, 0.3) is 0 Å². The molecule has 0 saturated carbocycles. The van der Waals surface area contributed by atoms with Crippen LogP contribution in [0, 0.1) is 0 Å². The lowest BCUT2D eigenvalue weighted by Gasteiger charge is -2.26. The molecule has 0 spiro atoms. The summed E-state index contributed by atoms with van der Waals surface area (Å²) in [5.74, 6) is -0.653. The Hall–Kier alpha value is -1.56.